The van der Waals surface area contributed by atoms with E-state index in [1.807, 2.05) is 18.2 Å². The van der Waals surface area contributed by atoms with Crippen molar-refractivity contribution in [2.75, 3.05) is 33.9 Å². The molecule has 2 atom stereocenters. The highest BCUT2D eigenvalue weighted by Crippen LogP contribution is 2.41. The molecule has 1 saturated heterocycles. The second kappa shape index (κ2) is 11.7. The van der Waals surface area contributed by atoms with Gasteiger partial charge in [0.25, 0.3) is 0 Å². The molecule has 1 unspecified atom stereocenters. The van der Waals surface area contributed by atoms with Gasteiger partial charge in [-0.15, -0.1) is 0 Å². The third kappa shape index (κ3) is 5.85. The summed E-state index contributed by atoms with van der Waals surface area (Å²) >= 11 is 0. The van der Waals surface area contributed by atoms with Crippen LogP contribution >= 0.6 is 0 Å². The number of halogens is 1. The summed E-state index contributed by atoms with van der Waals surface area (Å²) in [5, 5.41) is 4.95. The van der Waals surface area contributed by atoms with E-state index in [2.05, 4.69) is 34.7 Å². The van der Waals surface area contributed by atoms with Crippen LogP contribution in [0.3, 0.4) is 0 Å². The van der Waals surface area contributed by atoms with E-state index < -0.39 is 0 Å². The monoisotopic (exact) mass is 505 g/mol. The van der Waals surface area contributed by atoms with Crippen molar-refractivity contribution in [3.05, 3.63) is 76.9 Å². The molecule has 3 aromatic rings. The Morgan fingerprint density at radius 2 is 1.76 bits per heavy atom. The Morgan fingerprint density at radius 1 is 0.946 bits per heavy atom. The number of hydrogen-bond acceptors (Lipinski definition) is 4. The number of likely N-dealkylation sites (tertiary alicyclic amines) is 1. The lowest BCUT2D eigenvalue weighted by Crippen LogP contribution is -2.37. The minimum absolute atomic E-state index is 0.109. The quantitative estimate of drug-likeness (QED) is 0.337. The zero-order valence-corrected chi connectivity index (χ0v) is 22.5. The second-order valence-electron chi connectivity index (χ2n) is 10.7. The van der Waals surface area contributed by atoms with E-state index in [1.165, 1.54) is 48.9 Å². The maximum atomic E-state index is 13.8. The van der Waals surface area contributed by atoms with Gasteiger partial charge >= 0.3 is 0 Å². The molecule has 1 saturated carbocycles. The van der Waals surface area contributed by atoms with E-state index in [4.69, 9.17) is 14.6 Å². The van der Waals surface area contributed by atoms with Gasteiger partial charge in [-0.3, -0.25) is 4.68 Å². The van der Waals surface area contributed by atoms with Crippen LogP contribution in [0.15, 0.2) is 48.5 Å². The summed E-state index contributed by atoms with van der Waals surface area (Å²) in [5.41, 5.74) is 4.84. The molecule has 6 heteroatoms. The molecule has 1 aliphatic heterocycles. The van der Waals surface area contributed by atoms with Crippen molar-refractivity contribution in [2.24, 2.45) is 5.92 Å². The highest BCUT2D eigenvalue weighted by molar-refractivity contribution is 5.44. The lowest BCUT2D eigenvalue weighted by molar-refractivity contribution is 0.175. The maximum Gasteiger partial charge on any atom is 0.160 e. The molecular weight excluding hydrogens is 465 g/mol. The molecule has 2 heterocycles. The summed E-state index contributed by atoms with van der Waals surface area (Å²) in [5.74, 6) is 3.07. The lowest BCUT2D eigenvalue weighted by Gasteiger charge is -2.35. The minimum atomic E-state index is -0.109. The largest absolute Gasteiger partial charge is 0.493 e. The van der Waals surface area contributed by atoms with Crippen LogP contribution in [0.2, 0.25) is 0 Å². The van der Waals surface area contributed by atoms with Crippen molar-refractivity contribution in [3.63, 3.8) is 0 Å². The Kier molecular flexibility index (Phi) is 8.14. The molecule has 2 aliphatic rings. The smallest absolute Gasteiger partial charge is 0.160 e. The van der Waals surface area contributed by atoms with Gasteiger partial charge in [0.2, 0.25) is 0 Å². The average molecular weight is 506 g/mol. The number of rotatable bonds is 9. The first kappa shape index (κ1) is 25.8. The number of ether oxygens (including phenoxy) is 2. The predicted molar refractivity (Wildman–Crippen MR) is 145 cm³/mol. The Labute approximate surface area is 220 Å². The van der Waals surface area contributed by atoms with Crippen LogP contribution < -0.4 is 9.47 Å². The SMILES string of the molecule is CCn1nc(Cc2ccc(OC)c(OC)c2)cc1C1CCN(CC2CCC[C@@H]2c2cccc(F)c2)CC1. The summed E-state index contributed by atoms with van der Waals surface area (Å²) in [6, 6.07) is 15.7. The molecule has 0 amide bonds. The van der Waals surface area contributed by atoms with Gasteiger partial charge in [-0.25, -0.2) is 4.39 Å². The Hall–Kier alpha value is -2.86. The molecule has 2 aromatic carbocycles. The number of aromatic nitrogens is 2. The molecule has 1 aromatic heterocycles. The Balaban J connectivity index is 1.20. The average Bonchev–Trinajstić information content (AvgIpc) is 3.56. The normalized spacial score (nSPS) is 20.9. The van der Waals surface area contributed by atoms with Gasteiger partial charge < -0.3 is 14.4 Å². The fourth-order valence-corrected chi connectivity index (χ4v) is 6.53. The molecule has 0 N–H and O–H groups in total. The van der Waals surface area contributed by atoms with Crippen molar-refractivity contribution in [1.29, 1.82) is 0 Å². The van der Waals surface area contributed by atoms with Crippen LogP contribution in [0, 0.1) is 11.7 Å². The Morgan fingerprint density at radius 3 is 2.49 bits per heavy atom. The van der Waals surface area contributed by atoms with Crippen molar-refractivity contribution < 1.29 is 13.9 Å². The van der Waals surface area contributed by atoms with E-state index in [0.29, 0.717) is 17.8 Å². The van der Waals surface area contributed by atoms with E-state index in [1.54, 1.807) is 26.4 Å². The maximum absolute atomic E-state index is 13.8. The van der Waals surface area contributed by atoms with E-state index in [9.17, 15) is 4.39 Å². The van der Waals surface area contributed by atoms with Crippen LogP contribution in [0.5, 0.6) is 11.5 Å². The molecule has 5 nitrogen and oxygen atoms in total. The number of benzene rings is 2. The molecular formula is C31H40FN3O2. The van der Waals surface area contributed by atoms with Crippen LogP contribution in [0.4, 0.5) is 4.39 Å². The fraction of sp³-hybridized carbons (Fsp3) is 0.516. The summed E-state index contributed by atoms with van der Waals surface area (Å²) in [4.78, 5) is 2.65. The third-order valence-electron chi connectivity index (χ3n) is 8.43. The van der Waals surface area contributed by atoms with E-state index in [-0.39, 0.29) is 5.82 Å². The minimum Gasteiger partial charge on any atom is -0.493 e. The van der Waals surface area contributed by atoms with Crippen molar-refractivity contribution in [3.8, 4) is 11.5 Å². The van der Waals surface area contributed by atoms with Crippen molar-refractivity contribution in [2.45, 2.75) is 63.8 Å². The summed E-state index contributed by atoms with van der Waals surface area (Å²) in [6.45, 7) is 6.44. The Bertz CT molecular complexity index is 1180. The number of aryl methyl sites for hydroxylation is 1. The molecule has 0 bridgehead atoms. The van der Waals surface area contributed by atoms with Gasteiger partial charge in [0.1, 0.15) is 5.82 Å². The summed E-state index contributed by atoms with van der Waals surface area (Å²) in [6.07, 6.45) is 6.80. The van der Waals surface area contributed by atoms with E-state index >= 15 is 0 Å². The molecule has 2 fully saturated rings. The molecule has 1 aliphatic carbocycles. The second-order valence-corrected chi connectivity index (χ2v) is 10.7. The number of hydrogen-bond donors (Lipinski definition) is 0. The number of nitrogens with zero attached hydrogens (tertiary/aromatic N) is 3. The molecule has 37 heavy (non-hydrogen) atoms. The first-order valence-electron chi connectivity index (χ1n) is 13.8. The third-order valence-corrected chi connectivity index (χ3v) is 8.43. The topological polar surface area (TPSA) is 39.5 Å². The van der Waals surface area contributed by atoms with Crippen LogP contribution in [-0.4, -0.2) is 48.5 Å². The zero-order valence-electron chi connectivity index (χ0n) is 22.5. The van der Waals surface area contributed by atoms with Gasteiger partial charge in [0.05, 0.1) is 19.9 Å². The number of methoxy groups -OCH3 is 2. The summed E-state index contributed by atoms with van der Waals surface area (Å²) in [7, 11) is 3.33. The number of piperidine rings is 1. The highest BCUT2D eigenvalue weighted by atomic mass is 19.1. The first-order chi connectivity index (χ1) is 18.1. The van der Waals surface area contributed by atoms with Gasteiger partial charge in [-0.2, -0.15) is 5.10 Å². The van der Waals surface area contributed by atoms with E-state index in [0.717, 1.165) is 49.8 Å². The van der Waals surface area contributed by atoms with Crippen LogP contribution in [-0.2, 0) is 13.0 Å². The molecule has 0 spiro atoms. The van der Waals surface area contributed by atoms with Gasteiger partial charge in [-0.05, 0) is 99.0 Å². The molecule has 5 rings (SSSR count). The predicted octanol–water partition coefficient (Wildman–Crippen LogP) is 6.41. The standard InChI is InChI=1S/C31H40FN3O2/c1-4-35-29(20-27(33-35)17-22-11-12-30(36-2)31(18-22)37-3)23-13-15-34(16-14-23)21-25-8-6-10-28(25)24-7-5-9-26(32)19-24/h5,7,9,11-12,18-20,23,25,28H,4,6,8,10,13-17,21H2,1-3H3/t25?,28-/m1/s1. The van der Waals surface area contributed by atoms with Crippen molar-refractivity contribution >= 4 is 0 Å². The molecule has 0 radical (unpaired) electrons. The first-order valence-corrected chi connectivity index (χ1v) is 13.8. The van der Waals surface area contributed by atoms with Gasteiger partial charge in [0, 0.05) is 31.1 Å². The summed E-state index contributed by atoms with van der Waals surface area (Å²) < 4.78 is 26.9. The fourth-order valence-electron chi connectivity index (χ4n) is 6.53. The zero-order chi connectivity index (χ0) is 25.8. The molecule has 198 valence electrons. The van der Waals surface area contributed by atoms with Gasteiger partial charge in [0.15, 0.2) is 11.5 Å². The lowest BCUT2D eigenvalue weighted by atomic mass is 9.87. The van der Waals surface area contributed by atoms with Gasteiger partial charge in [-0.1, -0.05) is 24.6 Å². The highest BCUT2D eigenvalue weighted by Gasteiger charge is 2.32. The van der Waals surface area contributed by atoms with Crippen LogP contribution in [0.1, 0.15) is 73.4 Å². The van der Waals surface area contributed by atoms with Crippen molar-refractivity contribution in [1.82, 2.24) is 14.7 Å². The van der Waals surface area contributed by atoms with Crippen LogP contribution in [0.25, 0.3) is 0 Å².